The van der Waals surface area contributed by atoms with Crippen molar-refractivity contribution >= 4 is 22.5 Å². The number of para-hydroxylation sites is 1. The van der Waals surface area contributed by atoms with Gasteiger partial charge in [0.2, 0.25) is 0 Å². The first-order valence-electron chi connectivity index (χ1n) is 12.7. The van der Waals surface area contributed by atoms with Crippen LogP contribution < -0.4 is 14.8 Å². The molecule has 1 aliphatic heterocycles. The molecule has 0 spiro atoms. The van der Waals surface area contributed by atoms with Gasteiger partial charge in [0, 0.05) is 17.7 Å². The van der Waals surface area contributed by atoms with Gasteiger partial charge in [-0.25, -0.2) is 9.37 Å². The Morgan fingerprint density at radius 1 is 1.26 bits per heavy atom. The molecule has 8 nitrogen and oxygen atoms in total. The lowest BCUT2D eigenvalue weighted by atomic mass is 9.98. The Balaban J connectivity index is 1.36. The van der Waals surface area contributed by atoms with E-state index in [0.717, 1.165) is 6.42 Å². The zero-order valence-corrected chi connectivity index (χ0v) is 21.1. The monoisotopic (exact) mass is 517 g/mol. The lowest BCUT2D eigenvalue weighted by Gasteiger charge is -2.20. The number of aryl methyl sites for hydroxylation is 1. The van der Waals surface area contributed by atoms with Gasteiger partial charge in [0.25, 0.3) is 0 Å². The number of nitrogens with one attached hydrogen (secondary N) is 2. The topological polar surface area (TPSA) is 106 Å². The van der Waals surface area contributed by atoms with Crippen LogP contribution in [0.3, 0.4) is 0 Å². The highest BCUT2D eigenvalue weighted by molar-refractivity contribution is 6.19. The van der Waals surface area contributed by atoms with E-state index in [1.165, 1.54) is 6.07 Å². The SMILES string of the molecule is CCOc1cnc2[nH]cc(C(=O)c3ccc(Oc4ccccc4F)cc3C)c2c1N[C@@]12CO[C@H](CO)C1C2. The molecule has 2 aromatic carbocycles. The van der Waals surface area contributed by atoms with E-state index in [2.05, 4.69) is 15.3 Å². The van der Waals surface area contributed by atoms with Gasteiger partial charge in [-0.05, 0) is 56.2 Å². The van der Waals surface area contributed by atoms with E-state index in [1.807, 2.05) is 13.8 Å². The molecular weight excluding hydrogens is 489 g/mol. The molecule has 2 fully saturated rings. The molecule has 1 saturated carbocycles. The molecule has 1 aliphatic carbocycles. The van der Waals surface area contributed by atoms with Crippen molar-refractivity contribution < 1.29 is 28.5 Å². The molecule has 0 radical (unpaired) electrons. The minimum atomic E-state index is -0.461. The lowest BCUT2D eigenvalue weighted by molar-refractivity contribution is 0.0337. The number of H-pyrrole nitrogens is 1. The highest BCUT2D eigenvalue weighted by atomic mass is 19.1. The number of rotatable bonds is 9. The Hall–Kier alpha value is -3.95. The molecule has 0 bridgehead atoms. The van der Waals surface area contributed by atoms with Crippen LogP contribution in [-0.2, 0) is 4.74 Å². The largest absolute Gasteiger partial charge is 0.490 e. The Bertz CT molecular complexity index is 1540. The van der Waals surface area contributed by atoms with Crippen LogP contribution in [0.5, 0.6) is 17.2 Å². The number of pyridine rings is 1. The number of ketones is 1. The number of carbonyl (C=O) groups is 1. The van der Waals surface area contributed by atoms with Crippen LogP contribution in [0.2, 0.25) is 0 Å². The predicted molar refractivity (Wildman–Crippen MR) is 140 cm³/mol. The number of carbonyl (C=O) groups excluding carboxylic acids is 1. The van der Waals surface area contributed by atoms with Gasteiger partial charge in [-0.2, -0.15) is 0 Å². The number of aliphatic hydroxyl groups excluding tert-OH is 1. The van der Waals surface area contributed by atoms with Crippen molar-refractivity contribution in [2.75, 3.05) is 25.1 Å². The van der Waals surface area contributed by atoms with Crippen molar-refractivity contribution in [3.8, 4) is 17.2 Å². The van der Waals surface area contributed by atoms with Crippen LogP contribution >= 0.6 is 0 Å². The molecule has 6 rings (SSSR count). The predicted octanol–water partition coefficient (Wildman–Crippen LogP) is 4.99. The number of nitrogens with zero attached hydrogens (tertiary/aromatic N) is 1. The molecule has 1 unspecified atom stereocenters. The fourth-order valence-electron chi connectivity index (χ4n) is 5.37. The average molecular weight is 518 g/mol. The zero-order chi connectivity index (χ0) is 26.4. The van der Waals surface area contributed by atoms with E-state index in [-0.39, 0.29) is 35.7 Å². The van der Waals surface area contributed by atoms with E-state index >= 15 is 0 Å². The molecule has 1 saturated heterocycles. The van der Waals surface area contributed by atoms with E-state index < -0.39 is 5.82 Å². The number of ether oxygens (including phenoxy) is 3. The Morgan fingerprint density at radius 3 is 2.82 bits per heavy atom. The van der Waals surface area contributed by atoms with Gasteiger partial charge in [0.05, 0.1) is 54.3 Å². The summed E-state index contributed by atoms with van der Waals surface area (Å²) in [7, 11) is 0. The summed E-state index contributed by atoms with van der Waals surface area (Å²) in [5.41, 5.74) is 2.57. The maximum absolute atomic E-state index is 14.0. The summed E-state index contributed by atoms with van der Waals surface area (Å²) in [6, 6.07) is 11.2. The van der Waals surface area contributed by atoms with Crippen LogP contribution in [0.4, 0.5) is 10.1 Å². The summed E-state index contributed by atoms with van der Waals surface area (Å²) in [5, 5.41) is 13.9. The van der Waals surface area contributed by atoms with Crippen LogP contribution in [0, 0.1) is 18.7 Å². The maximum Gasteiger partial charge on any atom is 0.195 e. The second-order valence-electron chi connectivity index (χ2n) is 9.82. The van der Waals surface area contributed by atoms with Crippen LogP contribution in [0.1, 0.15) is 34.8 Å². The number of aromatic amines is 1. The first-order valence-corrected chi connectivity index (χ1v) is 12.7. The minimum absolute atomic E-state index is 0.0258. The second kappa shape index (κ2) is 9.41. The number of benzene rings is 2. The molecule has 0 amide bonds. The number of hydrogen-bond donors (Lipinski definition) is 3. The summed E-state index contributed by atoms with van der Waals surface area (Å²) >= 11 is 0. The number of hydrogen-bond acceptors (Lipinski definition) is 7. The average Bonchev–Trinajstić information content (AvgIpc) is 3.26. The molecule has 9 heteroatoms. The van der Waals surface area contributed by atoms with Gasteiger partial charge in [0.15, 0.2) is 23.1 Å². The number of halogens is 1. The summed E-state index contributed by atoms with van der Waals surface area (Å²) in [6.07, 6.45) is 3.97. The summed E-state index contributed by atoms with van der Waals surface area (Å²) < 4.78 is 31.4. The third-order valence-corrected chi connectivity index (χ3v) is 7.41. The summed E-state index contributed by atoms with van der Waals surface area (Å²) in [5.74, 6) is 0.635. The Labute approximate surface area is 218 Å². The van der Waals surface area contributed by atoms with Crippen LogP contribution in [-0.4, -0.2) is 52.3 Å². The molecule has 196 valence electrons. The van der Waals surface area contributed by atoms with Crippen molar-refractivity contribution in [2.45, 2.75) is 31.9 Å². The van der Waals surface area contributed by atoms with Crippen molar-refractivity contribution in [1.29, 1.82) is 0 Å². The quantitative estimate of drug-likeness (QED) is 0.269. The lowest BCUT2D eigenvalue weighted by Crippen LogP contribution is -2.26. The fourth-order valence-corrected chi connectivity index (χ4v) is 5.37. The minimum Gasteiger partial charge on any atom is -0.490 e. The van der Waals surface area contributed by atoms with Crippen LogP contribution in [0.25, 0.3) is 11.0 Å². The van der Waals surface area contributed by atoms with Gasteiger partial charge in [0.1, 0.15) is 11.4 Å². The van der Waals surface area contributed by atoms with E-state index in [1.54, 1.807) is 48.8 Å². The molecule has 3 atom stereocenters. The summed E-state index contributed by atoms with van der Waals surface area (Å²) in [6.45, 7) is 4.59. The van der Waals surface area contributed by atoms with Gasteiger partial charge in [-0.3, -0.25) is 4.79 Å². The molecule has 2 aliphatic rings. The van der Waals surface area contributed by atoms with Gasteiger partial charge < -0.3 is 29.6 Å². The number of aliphatic hydroxyl groups is 1. The highest BCUT2D eigenvalue weighted by Gasteiger charge is 2.63. The number of anilines is 1. The fraction of sp³-hybridized carbons (Fsp3) is 0.310. The van der Waals surface area contributed by atoms with Gasteiger partial charge >= 0.3 is 0 Å². The van der Waals surface area contributed by atoms with Crippen molar-refractivity contribution in [3.05, 3.63) is 77.4 Å². The van der Waals surface area contributed by atoms with Crippen molar-refractivity contribution in [1.82, 2.24) is 9.97 Å². The molecule has 3 heterocycles. The van der Waals surface area contributed by atoms with Crippen LogP contribution in [0.15, 0.2) is 54.9 Å². The van der Waals surface area contributed by atoms with Crippen molar-refractivity contribution in [2.24, 2.45) is 5.92 Å². The maximum atomic E-state index is 14.0. The molecule has 2 aromatic heterocycles. The zero-order valence-electron chi connectivity index (χ0n) is 21.1. The number of aromatic nitrogens is 2. The second-order valence-corrected chi connectivity index (χ2v) is 9.82. The van der Waals surface area contributed by atoms with Gasteiger partial charge in [-0.1, -0.05) is 12.1 Å². The van der Waals surface area contributed by atoms with E-state index in [9.17, 15) is 14.3 Å². The molecule has 38 heavy (non-hydrogen) atoms. The number of fused-ring (bicyclic) bond motifs is 2. The smallest absolute Gasteiger partial charge is 0.195 e. The molecule has 4 aromatic rings. The third-order valence-electron chi connectivity index (χ3n) is 7.41. The first kappa shape index (κ1) is 24.4. The van der Waals surface area contributed by atoms with Gasteiger partial charge in [-0.15, -0.1) is 0 Å². The summed E-state index contributed by atoms with van der Waals surface area (Å²) in [4.78, 5) is 21.5. The Morgan fingerprint density at radius 2 is 2.11 bits per heavy atom. The first-order chi connectivity index (χ1) is 18.4. The highest BCUT2D eigenvalue weighted by Crippen LogP contribution is 2.55. The standard InChI is InChI=1S/C29H28FN3O5/c1-3-36-23-13-32-28-25(26(23)33-29-11-20(29)24(14-34)37-15-29)19(12-31-28)27(35)18-9-8-17(10-16(18)2)38-22-7-5-4-6-21(22)30/h4-10,12-13,20,24,34H,3,11,14-15H2,1-2H3,(H2,31,32,33)/t20?,24-,29+/m1/s1. The molecular formula is C29H28FN3O5. The Kier molecular flexibility index (Phi) is 6.04. The molecule has 3 N–H and O–H groups in total. The van der Waals surface area contributed by atoms with E-state index in [4.69, 9.17) is 14.2 Å². The third kappa shape index (κ3) is 4.08. The van der Waals surface area contributed by atoms with E-state index in [0.29, 0.717) is 58.1 Å². The van der Waals surface area contributed by atoms with Crippen molar-refractivity contribution in [3.63, 3.8) is 0 Å². The normalized spacial score (nSPS) is 21.8.